The van der Waals surface area contributed by atoms with Gasteiger partial charge in [0.1, 0.15) is 17.2 Å². The Morgan fingerprint density at radius 3 is 2.70 bits per heavy atom. The minimum absolute atomic E-state index is 0.0565. The molecule has 0 fully saturated rings. The van der Waals surface area contributed by atoms with Gasteiger partial charge in [0, 0.05) is 0 Å². The number of hydrogen-bond donors (Lipinski definition) is 0. The fourth-order valence-electron chi connectivity index (χ4n) is 2.13. The quantitative estimate of drug-likeness (QED) is 0.627. The summed E-state index contributed by atoms with van der Waals surface area (Å²) < 4.78 is 28.8. The number of benzene rings is 2. The number of nitrogens with zero attached hydrogens (tertiary/aromatic N) is 2. The summed E-state index contributed by atoms with van der Waals surface area (Å²) in [5.74, 6) is -0.441. The number of hydrogen-bond acceptors (Lipinski definition) is 1. The molecule has 0 atom stereocenters. The SMILES string of the molecule is Fc1ccc(Cl)c(-n2c(CCl)nc3c(F)cccc32)c1. The second kappa shape index (κ2) is 5.04. The molecular weight excluding hydrogens is 305 g/mol. The van der Waals surface area contributed by atoms with Gasteiger partial charge >= 0.3 is 0 Å². The highest BCUT2D eigenvalue weighted by Crippen LogP contribution is 2.29. The Hall–Kier alpha value is -1.65. The van der Waals surface area contributed by atoms with Gasteiger partial charge in [-0.05, 0) is 30.3 Å². The largest absolute Gasteiger partial charge is 0.294 e. The molecule has 0 aliphatic heterocycles. The molecule has 102 valence electrons. The summed E-state index contributed by atoms with van der Waals surface area (Å²) >= 11 is 12.0. The van der Waals surface area contributed by atoms with Gasteiger partial charge in [-0.1, -0.05) is 17.7 Å². The van der Waals surface area contributed by atoms with Gasteiger partial charge in [-0.15, -0.1) is 11.6 Å². The van der Waals surface area contributed by atoms with Crippen LogP contribution >= 0.6 is 23.2 Å². The molecule has 2 aromatic carbocycles. The molecule has 0 radical (unpaired) electrons. The minimum atomic E-state index is -0.458. The van der Waals surface area contributed by atoms with Crippen LogP contribution in [0.5, 0.6) is 0 Å². The summed E-state index contributed by atoms with van der Waals surface area (Å²) in [4.78, 5) is 4.15. The molecule has 1 aromatic heterocycles. The lowest BCUT2D eigenvalue weighted by atomic mass is 10.2. The predicted molar refractivity (Wildman–Crippen MR) is 75.6 cm³/mol. The van der Waals surface area contributed by atoms with Gasteiger partial charge in [0.2, 0.25) is 0 Å². The Kier molecular flexibility index (Phi) is 3.36. The van der Waals surface area contributed by atoms with Crippen LogP contribution in [-0.4, -0.2) is 9.55 Å². The Labute approximate surface area is 123 Å². The molecule has 2 nitrogen and oxygen atoms in total. The molecule has 3 aromatic rings. The van der Waals surface area contributed by atoms with Crippen LogP contribution in [0.1, 0.15) is 5.82 Å². The lowest BCUT2D eigenvalue weighted by Crippen LogP contribution is -2.00. The minimum Gasteiger partial charge on any atom is -0.294 e. The van der Waals surface area contributed by atoms with Crippen molar-refractivity contribution in [2.75, 3.05) is 0 Å². The third-order valence-corrected chi connectivity index (χ3v) is 3.53. The van der Waals surface area contributed by atoms with Gasteiger partial charge in [-0.3, -0.25) is 4.57 Å². The lowest BCUT2D eigenvalue weighted by molar-refractivity contribution is 0.626. The first-order valence-corrected chi connectivity index (χ1v) is 6.70. The zero-order chi connectivity index (χ0) is 14.3. The standard InChI is InChI=1S/C14H8Cl2F2N2/c15-7-13-19-14-10(18)2-1-3-11(14)20(13)12-6-8(17)4-5-9(12)16/h1-6H,7H2. The number of rotatable bonds is 2. The Morgan fingerprint density at radius 2 is 1.95 bits per heavy atom. The van der Waals surface area contributed by atoms with Crippen molar-refractivity contribution < 1.29 is 8.78 Å². The van der Waals surface area contributed by atoms with Crippen molar-refractivity contribution in [1.82, 2.24) is 9.55 Å². The first kappa shape index (κ1) is 13.3. The molecule has 1 heterocycles. The van der Waals surface area contributed by atoms with Gasteiger partial charge in [0.05, 0.1) is 22.1 Å². The van der Waals surface area contributed by atoms with E-state index in [9.17, 15) is 8.78 Å². The smallest absolute Gasteiger partial charge is 0.151 e. The van der Waals surface area contributed by atoms with E-state index in [1.54, 1.807) is 16.7 Å². The second-order valence-corrected chi connectivity index (χ2v) is 4.87. The molecule has 0 bridgehead atoms. The summed E-state index contributed by atoms with van der Waals surface area (Å²) in [7, 11) is 0. The van der Waals surface area contributed by atoms with Crippen LogP contribution in [0.4, 0.5) is 8.78 Å². The summed E-state index contributed by atoms with van der Waals surface area (Å²) in [5.41, 5.74) is 1.06. The van der Waals surface area contributed by atoms with Crippen LogP contribution in [0.3, 0.4) is 0 Å². The molecule has 0 unspecified atom stereocenters. The van der Waals surface area contributed by atoms with Gasteiger partial charge in [0.15, 0.2) is 5.82 Å². The number of para-hydroxylation sites is 1. The molecular formula is C14H8Cl2F2N2. The number of fused-ring (bicyclic) bond motifs is 1. The molecule has 0 aliphatic carbocycles. The van der Waals surface area contributed by atoms with Crippen molar-refractivity contribution in [3.05, 3.63) is 58.9 Å². The molecule has 0 N–H and O–H groups in total. The highest BCUT2D eigenvalue weighted by Gasteiger charge is 2.16. The van der Waals surface area contributed by atoms with Crippen LogP contribution in [0.25, 0.3) is 16.7 Å². The van der Waals surface area contributed by atoms with Gasteiger partial charge < -0.3 is 0 Å². The summed E-state index contributed by atoms with van der Waals surface area (Å²) in [6.45, 7) is 0. The first-order chi connectivity index (χ1) is 9.61. The molecule has 0 saturated heterocycles. The fourth-order valence-corrected chi connectivity index (χ4v) is 2.51. The Bertz CT molecular complexity index is 799. The Morgan fingerprint density at radius 1 is 1.15 bits per heavy atom. The van der Waals surface area contributed by atoms with Crippen LogP contribution in [-0.2, 0) is 5.88 Å². The average Bonchev–Trinajstić information content (AvgIpc) is 2.81. The zero-order valence-electron chi connectivity index (χ0n) is 10.1. The molecule has 20 heavy (non-hydrogen) atoms. The third-order valence-electron chi connectivity index (χ3n) is 2.97. The number of imidazole rings is 1. The maximum atomic E-state index is 13.8. The van der Waals surface area contributed by atoms with Crippen molar-refractivity contribution in [3.8, 4) is 5.69 Å². The van der Waals surface area contributed by atoms with Crippen LogP contribution in [0, 0.1) is 11.6 Å². The van der Waals surface area contributed by atoms with Gasteiger partial charge in [-0.25, -0.2) is 13.8 Å². The normalized spacial score (nSPS) is 11.2. The predicted octanol–water partition coefficient (Wildman–Crippen LogP) is 4.70. The summed E-state index contributed by atoms with van der Waals surface area (Å²) in [6, 6.07) is 8.51. The lowest BCUT2D eigenvalue weighted by Gasteiger charge is -2.10. The van der Waals surface area contributed by atoms with E-state index in [4.69, 9.17) is 23.2 Å². The van der Waals surface area contributed by atoms with Crippen molar-refractivity contribution in [3.63, 3.8) is 0 Å². The zero-order valence-corrected chi connectivity index (χ0v) is 11.6. The van der Waals surface area contributed by atoms with Crippen molar-refractivity contribution >= 4 is 34.2 Å². The van der Waals surface area contributed by atoms with Crippen molar-refractivity contribution in [2.24, 2.45) is 0 Å². The van der Waals surface area contributed by atoms with E-state index in [-0.39, 0.29) is 11.4 Å². The maximum absolute atomic E-state index is 13.8. The molecule has 0 aliphatic rings. The highest BCUT2D eigenvalue weighted by atomic mass is 35.5. The topological polar surface area (TPSA) is 17.8 Å². The third kappa shape index (κ3) is 2.05. The highest BCUT2D eigenvalue weighted by molar-refractivity contribution is 6.32. The van der Waals surface area contributed by atoms with E-state index in [1.807, 2.05) is 0 Å². The summed E-state index contributed by atoms with van der Waals surface area (Å²) in [6.07, 6.45) is 0. The van der Waals surface area contributed by atoms with Gasteiger partial charge in [-0.2, -0.15) is 0 Å². The average molecular weight is 313 g/mol. The van der Waals surface area contributed by atoms with E-state index < -0.39 is 11.6 Å². The van der Waals surface area contributed by atoms with Crippen LogP contribution < -0.4 is 0 Å². The monoisotopic (exact) mass is 312 g/mol. The van der Waals surface area contributed by atoms with E-state index in [0.717, 1.165) is 0 Å². The van der Waals surface area contributed by atoms with E-state index in [0.29, 0.717) is 22.1 Å². The van der Waals surface area contributed by atoms with Crippen LogP contribution in [0.15, 0.2) is 36.4 Å². The fraction of sp³-hybridized carbons (Fsp3) is 0.0714. The van der Waals surface area contributed by atoms with Crippen molar-refractivity contribution in [1.29, 1.82) is 0 Å². The molecule has 0 saturated carbocycles. The number of aromatic nitrogens is 2. The Balaban J connectivity index is 2.40. The van der Waals surface area contributed by atoms with E-state index in [1.165, 1.54) is 24.3 Å². The molecule has 6 heteroatoms. The van der Waals surface area contributed by atoms with Crippen LogP contribution in [0.2, 0.25) is 5.02 Å². The second-order valence-electron chi connectivity index (χ2n) is 4.20. The maximum Gasteiger partial charge on any atom is 0.151 e. The van der Waals surface area contributed by atoms with Gasteiger partial charge in [0.25, 0.3) is 0 Å². The van der Waals surface area contributed by atoms with E-state index >= 15 is 0 Å². The van der Waals surface area contributed by atoms with E-state index in [2.05, 4.69) is 4.98 Å². The van der Waals surface area contributed by atoms with Crippen molar-refractivity contribution in [2.45, 2.75) is 5.88 Å². The molecule has 3 rings (SSSR count). The number of alkyl halides is 1. The molecule has 0 spiro atoms. The molecule has 0 amide bonds. The number of halogens is 4. The summed E-state index contributed by atoms with van der Waals surface area (Å²) in [5, 5.41) is 0.335. The first-order valence-electron chi connectivity index (χ1n) is 5.79.